The molecular formula is C19H21NO3. The lowest BCUT2D eigenvalue weighted by Crippen LogP contribution is -2.26. The number of hydrogen-bond acceptors (Lipinski definition) is 3. The van der Waals surface area contributed by atoms with Gasteiger partial charge in [-0.05, 0) is 62.1 Å². The van der Waals surface area contributed by atoms with Crippen molar-refractivity contribution in [3.8, 4) is 11.5 Å². The Morgan fingerprint density at radius 3 is 2.57 bits per heavy atom. The van der Waals surface area contributed by atoms with Crippen LogP contribution in [0, 0.1) is 6.92 Å². The minimum Gasteiger partial charge on any atom is -0.496 e. The molecule has 1 aliphatic rings. The van der Waals surface area contributed by atoms with Crippen LogP contribution < -0.4 is 14.8 Å². The van der Waals surface area contributed by atoms with E-state index in [2.05, 4.69) is 5.32 Å². The number of methoxy groups -OCH3 is 1. The van der Waals surface area contributed by atoms with Crippen LogP contribution in [0.3, 0.4) is 0 Å². The van der Waals surface area contributed by atoms with Crippen LogP contribution in [0.2, 0.25) is 0 Å². The molecule has 0 unspecified atom stereocenters. The van der Waals surface area contributed by atoms with Gasteiger partial charge in [-0.2, -0.15) is 0 Å². The Morgan fingerprint density at radius 2 is 1.91 bits per heavy atom. The number of para-hydroxylation sites is 1. The second-order valence-electron chi connectivity index (χ2n) is 5.81. The minimum atomic E-state index is -0.163. The molecule has 1 saturated carbocycles. The van der Waals surface area contributed by atoms with Crippen molar-refractivity contribution < 1.29 is 14.3 Å². The summed E-state index contributed by atoms with van der Waals surface area (Å²) in [5, 5.41) is 2.93. The summed E-state index contributed by atoms with van der Waals surface area (Å²) in [6, 6.07) is 13.0. The maximum absolute atomic E-state index is 12.6. The first-order valence-electron chi connectivity index (χ1n) is 7.89. The topological polar surface area (TPSA) is 47.6 Å². The molecule has 0 atom stereocenters. The summed E-state index contributed by atoms with van der Waals surface area (Å²) in [6.07, 6.45) is 3.57. The third kappa shape index (κ3) is 3.47. The zero-order valence-electron chi connectivity index (χ0n) is 13.5. The number of aryl methyl sites for hydroxylation is 1. The molecule has 1 aliphatic carbocycles. The maximum atomic E-state index is 12.6. The summed E-state index contributed by atoms with van der Waals surface area (Å²) in [7, 11) is 1.63. The van der Waals surface area contributed by atoms with Crippen molar-refractivity contribution in [2.75, 3.05) is 12.4 Å². The molecule has 0 spiro atoms. The third-order valence-corrected chi connectivity index (χ3v) is 4.13. The van der Waals surface area contributed by atoms with Gasteiger partial charge in [0, 0.05) is 5.69 Å². The van der Waals surface area contributed by atoms with Crippen molar-refractivity contribution in [1.29, 1.82) is 0 Å². The van der Waals surface area contributed by atoms with Gasteiger partial charge in [0.2, 0.25) is 0 Å². The summed E-state index contributed by atoms with van der Waals surface area (Å²) < 4.78 is 11.2. The zero-order valence-corrected chi connectivity index (χ0v) is 13.5. The fourth-order valence-electron chi connectivity index (χ4n) is 2.58. The Hall–Kier alpha value is -2.49. The van der Waals surface area contributed by atoms with E-state index in [1.165, 1.54) is 6.42 Å². The first-order valence-corrected chi connectivity index (χ1v) is 7.89. The van der Waals surface area contributed by atoms with E-state index in [0.29, 0.717) is 11.3 Å². The van der Waals surface area contributed by atoms with Gasteiger partial charge in [0.25, 0.3) is 5.91 Å². The molecule has 0 aliphatic heterocycles. The Kier molecular flexibility index (Phi) is 4.51. The molecule has 2 aromatic carbocycles. The predicted octanol–water partition coefficient (Wildman–Crippen LogP) is 4.19. The zero-order chi connectivity index (χ0) is 16.2. The molecule has 0 radical (unpaired) electrons. The van der Waals surface area contributed by atoms with Crippen LogP contribution in [0.1, 0.15) is 35.2 Å². The number of nitrogens with one attached hydrogen (secondary N) is 1. The monoisotopic (exact) mass is 311 g/mol. The van der Waals surface area contributed by atoms with E-state index in [-0.39, 0.29) is 12.0 Å². The van der Waals surface area contributed by atoms with Crippen molar-refractivity contribution in [3.05, 3.63) is 53.6 Å². The van der Waals surface area contributed by atoms with E-state index in [9.17, 15) is 4.79 Å². The van der Waals surface area contributed by atoms with Crippen molar-refractivity contribution >= 4 is 11.6 Å². The lowest BCUT2D eigenvalue weighted by Gasteiger charge is -2.27. The number of ether oxygens (including phenoxy) is 2. The van der Waals surface area contributed by atoms with Gasteiger partial charge >= 0.3 is 0 Å². The SMILES string of the molecule is COc1ccc(NC(=O)c2ccccc2OC2CCC2)cc1C. The smallest absolute Gasteiger partial charge is 0.259 e. The summed E-state index contributed by atoms with van der Waals surface area (Å²) in [4.78, 5) is 12.6. The van der Waals surface area contributed by atoms with E-state index in [4.69, 9.17) is 9.47 Å². The highest BCUT2D eigenvalue weighted by atomic mass is 16.5. The number of benzene rings is 2. The van der Waals surface area contributed by atoms with Crippen LogP contribution in [-0.2, 0) is 0 Å². The summed E-state index contributed by atoms with van der Waals surface area (Å²) in [5.41, 5.74) is 2.28. The van der Waals surface area contributed by atoms with E-state index < -0.39 is 0 Å². The van der Waals surface area contributed by atoms with E-state index >= 15 is 0 Å². The largest absolute Gasteiger partial charge is 0.496 e. The lowest BCUT2D eigenvalue weighted by molar-refractivity contribution is 0.0992. The first-order chi connectivity index (χ1) is 11.2. The van der Waals surface area contributed by atoms with Crippen LogP contribution in [-0.4, -0.2) is 19.1 Å². The predicted molar refractivity (Wildman–Crippen MR) is 90.4 cm³/mol. The fraction of sp³-hybridized carbons (Fsp3) is 0.316. The first kappa shape index (κ1) is 15.4. The van der Waals surface area contributed by atoms with Crippen LogP contribution in [0.15, 0.2) is 42.5 Å². The maximum Gasteiger partial charge on any atom is 0.259 e. The van der Waals surface area contributed by atoms with Crippen LogP contribution >= 0.6 is 0 Å². The van der Waals surface area contributed by atoms with Gasteiger partial charge in [-0.1, -0.05) is 12.1 Å². The molecule has 2 aromatic rings. The Morgan fingerprint density at radius 1 is 1.13 bits per heavy atom. The summed E-state index contributed by atoms with van der Waals surface area (Å²) >= 11 is 0. The van der Waals surface area contributed by atoms with Gasteiger partial charge in [0.1, 0.15) is 11.5 Å². The molecule has 4 nitrogen and oxygen atoms in total. The minimum absolute atomic E-state index is 0.163. The molecule has 3 rings (SSSR count). The number of hydrogen-bond donors (Lipinski definition) is 1. The van der Waals surface area contributed by atoms with Gasteiger partial charge in [0.15, 0.2) is 0 Å². The van der Waals surface area contributed by atoms with Crippen LogP contribution in [0.4, 0.5) is 5.69 Å². The highest BCUT2D eigenvalue weighted by Gasteiger charge is 2.21. The van der Waals surface area contributed by atoms with Gasteiger partial charge < -0.3 is 14.8 Å². The number of rotatable bonds is 5. The normalized spacial score (nSPS) is 14.0. The lowest BCUT2D eigenvalue weighted by atomic mass is 9.96. The number of anilines is 1. The van der Waals surface area contributed by atoms with Gasteiger partial charge in [-0.15, -0.1) is 0 Å². The Bertz CT molecular complexity index is 708. The fourth-order valence-corrected chi connectivity index (χ4v) is 2.58. The number of amides is 1. The van der Waals surface area contributed by atoms with Crippen molar-refractivity contribution in [1.82, 2.24) is 0 Å². The van der Waals surface area contributed by atoms with E-state index in [1.54, 1.807) is 13.2 Å². The molecule has 1 amide bonds. The Balaban J connectivity index is 1.76. The van der Waals surface area contributed by atoms with Gasteiger partial charge in [-0.3, -0.25) is 4.79 Å². The Labute approximate surface area is 136 Å². The molecule has 1 fully saturated rings. The third-order valence-electron chi connectivity index (χ3n) is 4.13. The number of carbonyl (C=O) groups is 1. The quantitative estimate of drug-likeness (QED) is 0.900. The average molecular weight is 311 g/mol. The van der Waals surface area contributed by atoms with Gasteiger partial charge in [0.05, 0.1) is 18.8 Å². The summed E-state index contributed by atoms with van der Waals surface area (Å²) in [5.74, 6) is 1.29. The van der Waals surface area contributed by atoms with E-state index in [1.807, 2.05) is 43.3 Å². The van der Waals surface area contributed by atoms with Crippen molar-refractivity contribution in [2.24, 2.45) is 0 Å². The van der Waals surface area contributed by atoms with E-state index in [0.717, 1.165) is 29.8 Å². The second kappa shape index (κ2) is 6.73. The molecule has 4 heteroatoms. The highest BCUT2D eigenvalue weighted by molar-refractivity contribution is 6.06. The van der Waals surface area contributed by atoms with Gasteiger partial charge in [-0.25, -0.2) is 0 Å². The average Bonchev–Trinajstić information content (AvgIpc) is 2.51. The molecule has 120 valence electrons. The standard InChI is InChI=1S/C19H21NO3/c1-13-12-14(10-11-17(13)22-2)20-19(21)16-8-3-4-9-18(16)23-15-6-5-7-15/h3-4,8-12,15H,5-7H2,1-2H3,(H,20,21). The molecule has 0 saturated heterocycles. The molecule has 23 heavy (non-hydrogen) atoms. The second-order valence-corrected chi connectivity index (χ2v) is 5.81. The van der Waals surface area contributed by atoms with Crippen LogP contribution in [0.25, 0.3) is 0 Å². The van der Waals surface area contributed by atoms with Crippen molar-refractivity contribution in [3.63, 3.8) is 0 Å². The summed E-state index contributed by atoms with van der Waals surface area (Å²) in [6.45, 7) is 1.95. The molecule has 0 bridgehead atoms. The molecular weight excluding hydrogens is 290 g/mol. The number of carbonyl (C=O) groups excluding carboxylic acids is 1. The molecule has 0 heterocycles. The molecule has 1 N–H and O–H groups in total. The molecule has 0 aromatic heterocycles. The van der Waals surface area contributed by atoms with Crippen molar-refractivity contribution in [2.45, 2.75) is 32.3 Å². The highest BCUT2D eigenvalue weighted by Crippen LogP contribution is 2.28. The van der Waals surface area contributed by atoms with Crippen LogP contribution in [0.5, 0.6) is 11.5 Å².